The summed E-state index contributed by atoms with van der Waals surface area (Å²) in [6.45, 7) is 9.91. The number of hydrogen-bond donors (Lipinski definition) is 1. The Hall–Kier alpha value is 0.130. The topological polar surface area (TPSA) is 28.2 Å². The fourth-order valence-electron chi connectivity index (χ4n) is 2.09. The number of nitrogens with one attached hydrogen (secondary N) is 1. The normalized spacial score (nSPS) is 19.1. The van der Waals surface area contributed by atoms with Gasteiger partial charge in [0.25, 0.3) is 0 Å². The summed E-state index contributed by atoms with van der Waals surface area (Å²) in [5.74, 6) is 0. The predicted molar refractivity (Wildman–Crippen MR) is 88.1 cm³/mol. The van der Waals surface area contributed by atoms with Gasteiger partial charge in [-0.05, 0) is 20.0 Å². The van der Waals surface area contributed by atoms with Crippen LogP contribution in [-0.2, 0) is 12.0 Å². The van der Waals surface area contributed by atoms with Gasteiger partial charge in [0.1, 0.15) is 5.01 Å². The minimum atomic E-state index is 0. The highest BCUT2D eigenvalue weighted by Crippen LogP contribution is 2.24. The van der Waals surface area contributed by atoms with Gasteiger partial charge >= 0.3 is 0 Å². The zero-order valence-corrected chi connectivity index (χ0v) is 14.6. The van der Waals surface area contributed by atoms with E-state index in [-0.39, 0.29) is 30.2 Å². The van der Waals surface area contributed by atoms with E-state index >= 15 is 0 Å². The highest BCUT2D eigenvalue weighted by Gasteiger charge is 2.21. The van der Waals surface area contributed by atoms with Crippen LogP contribution in [0.25, 0.3) is 0 Å². The van der Waals surface area contributed by atoms with Crippen molar-refractivity contribution in [3.05, 3.63) is 16.1 Å². The summed E-state index contributed by atoms with van der Waals surface area (Å²) in [5.41, 5.74) is 1.39. The van der Waals surface area contributed by atoms with E-state index in [9.17, 15) is 0 Å². The van der Waals surface area contributed by atoms with Gasteiger partial charge in [-0.25, -0.2) is 4.98 Å². The second-order valence-electron chi connectivity index (χ2n) is 5.94. The second-order valence-corrected chi connectivity index (χ2v) is 6.88. The highest BCUT2D eigenvalue weighted by molar-refractivity contribution is 7.09. The van der Waals surface area contributed by atoms with E-state index < -0.39 is 0 Å². The quantitative estimate of drug-likeness (QED) is 0.925. The Kier molecular flexibility index (Phi) is 7.85. The molecule has 6 heteroatoms. The molecule has 1 unspecified atom stereocenters. The lowest BCUT2D eigenvalue weighted by molar-refractivity contribution is 0.248. The third-order valence-electron chi connectivity index (χ3n) is 3.36. The monoisotopic (exact) mass is 325 g/mol. The largest absolute Gasteiger partial charge is 0.315 e. The molecule has 0 amide bonds. The molecule has 0 aromatic carbocycles. The summed E-state index contributed by atoms with van der Waals surface area (Å²) < 4.78 is 0. The van der Waals surface area contributed by atoms with Gasteiger partial charge in [-0.15, -0.1) is 36.2 Å². The van der Waals surface area contributed by atoms with Crippen LogP contribution in [0.4, 0.5) is 0 Å². The maximum atomic E-state index is 4.75. The first-order valence-corrected chi connectivity index (χ1v) is 7.20. The third-order valence-corrected chi connectivity index (χ3v) is 4.20. The standard InChI is InChI=1S/C13H23N3S.2ClH/c1-13(2,3)11-9-17-12(15-11)8-16(4)10-5-6-14-7-10;;/h9-10,14H,5-8H2,1-4H3;2*1H. The van der Waals surface area contributed by atoms with Gasteiger partial charge in [-0.2, -0.15) is 0 Å². The van der Waals surface area contributed by atoms with Gasteiger partial charge in [-0.1, -0.05) is 20.8 Å². The molecule has 0 radical (unpaired) electrons. The van der Waals surface area contributed by atoms with Gasteiger partial charge in [0.05, 0.1) is 12.2 Å². The van der Waals surface area contributed by atoms with Gasteiger partial charge < -0.3 is 5.32 Å². The van der Waals surface area contributed by atoms with Crippen molar-refractivity contribution in [2.45, 2.75) is 45.2 Å². The predicted octanol–water partition coefficient (Wildman–Crippen LogP) is 3.08. The third kappa shape index (κ3) is 5.20. The second kappa shape index (κ2) is 7.79. The van der Waals surface area contributed by atoms with E-state index in [4.69, 9.17) is 4.98 Å². The number of halogens is 2. The number of hydrogen-bond acceptors (Lipinski definition) is 4. The smallest absolute Gasteiger partial charge is 0.107 e. The van der Waals surface area contributed by atoms with E-state index in [2.05, 4.69) is 43.4 Å². The van der Waals surface area contributed by atoms with E-state index in [1.165, 1.54) is 17.1 Å². The molecule has 1 N–H and O–H groups in total. The van der Waals surface area contributed by atoms with Gasteiger partial charge in [0.15, 0.2) is 0 Å². The number of thiazole rings is 1. The Balaban J connectivity index is 0.00000162. The molecule has 1 aliphatic rings. The fraction of sp³-hybridized carbons (Fsp3) is 0.769. The van der Waals surface area contributed by atoms with Crippen LogP contribution in [-0.4, -0.2) is 36.1 Å². The van der Waals surface area contributed by atoms with E-state index in [1.54, 1.807) is 11.3 Å². The van der Waals surface area contributed by atoms with Crippen LogP contribution in [0, 0.1) is 0 Å². The van der Waals surface area contributed by atoms with Crippen LogP contribution < -0.4 is 5.32 Å². The molecular formula is C13H25Cl2N3S. The molecule has 0 bridgehead atoms. The molecule has 2 rings (SSSR count). The Morgan fingerprint density at radius 3 is 2.58 bits per heavy atom. The van der Waals surface area contributed by atoms with Crippen molar-refractivity contribution in [2.75, 3.05) is 20.1 Å². The minimum Gasteiger partial charge on any atom is -0.315 e. The van der Waals surface area contributed by atoms with Crippen molar-refractivity contribution in [3.63, 3.8) is 0 Å². The number of nitrogens with zero attached hydrogens (tertiary/aromatic N) is 2. The lowest BCUT2D eigenvalue weighted by atomic mass is 9.93. The summed E-state index contributed by atoms with van der Waals surface area (Å²) in [6.07, 6.45) is 1.26. The molecule has 1 fully saturated rings. The average Bonchev–Trinajstić information content (AvgIpc) is 2.85. The maximum Gasteiger partial charge on any atom is 0.107 e. The van der Waals surface area contributed by atoms with Crippen LogP contribution in [0.1, 0.15) is 37.9 Å². The molecule has 19 heavy (non-hydrogen) atoms. The first kappa shape index (κ1) is 19.1. The summed E-state index contributed by atoms with van der Waals surface area (Å²) in [5, 5.41) is 6.85. The van der Waals surface area contributed by atoms with Gasteiger partial charge in [0.2, 0.25) is 0 Å². The molecule has 3 nitrogen and oxygen atoms in total. The lowest BCUT2D eigenvalue weighted by Gasteiger charge is -2.22. The van der Waals surface area contributed by atoms with E-state index in [1.807, 2.05) is 0 Å². The molecule has 1 atom stereocenters. The molecule has 1 saturated heterocycles. The molecule has 112 valence electrons. The molecule has 0 aliphatic carbocycles. The number of likely N-dealkylation sites (N-methyl/N-ethyl adjacent to an activating group) is 1. The van der Waals surface area contributed by atoms with Crippen molar-refractivity contribution in [2.24, 2.45) is 0 Å². The minimum absolute atomic E-state index is 0. The van der Waals surface area contributed by atoms with Crippen molar-refractivity contribution in [1.82, 2.24) is 15.2 Å². The molecule has 0 saturated carbocycles. The zero-order chi connectivity index (χ0) is 12.5. The lowest BCUT2D eigenvalue weighted by Crippen LogP contribution is -2.32. The van der Waals surface area contributed by atoms with Crippen LogP contribution in [0.2, 0.25) is 0 Å². The van der Waals surface area contributed by atoms with Crippen LogP contribution in [0.5, 0.6) is 0 Å². The zero-order valence-electron chi connectivity index (χ0n) is 12.1. The number of rotatable bonds is 3. The number of aromatic nitrogens is 1. The van der Waals surface area contributed by atoms with Crippen LogP contribution in [0.3, 0.4) is 0 Å². The average molecular weight is 326 g/mol. The van der Waals surface area contributed by atoms with Crippen molar-refractivity contribution in [1.29, 1.82) is 0 Å². The highest BCUT2D eigenvalue weighted by atomic mass is 35.5. The molecule has 1 aliphatic heterocycles. The van der Waals surface area contributed by atoms with E-state index in [0.29, 0.717) is 6.04 Å². The van der Waals surface area contributed by atoms with Crippen LogP contribution >= 0.6 is 36.2 Å². The summed E-state index contributed by atoms with van der Waals surface area (Å²) in [6, 6.07) is 0.678. The molecule has 2 heterocycles. The maximum absolute atomic E-state index is 4.75. The molecule has 0 spiro atoms. The molecular weight excluding hydrogens is 301 g/mol. The molecule has 1 aromatic heterocycles. The molecule has 1 aromatic rings. The summed E-state index contributed by atoms with van der Waals surface area (Å²) in [4.78, 5) is 7.17. The van der Waals surface area contributed by atoms with Gasteiger partial charge in [-0.3, -0.25) is 4.90 Å². The van der Waals surface area contributed by atoms with Crippen LogP contribution in [0.15, 0.2) is 5.38 Å². The Labute approximate surface area is 133 Å². The van der Waals surface area contributed by atoms with Gasteiger partial charge in [0, 0.05) is 23.4 Å². The first-order chi connectivity index (χ1) is 7.97. The summed E-state index contributed by atoms with van der Waals surface area (Å²) in [7, 11) is 2.20. The fourth-order valence-corrected chi connectivity index (χ4v) is 3.17. The Morgan fingerprint density at radius 2 is 2.11 bits per heavy atom. The Bertz CT molecular complexity index is 370. The summed E-state index contributed by atoms with van der Waals surface area (Å²) >= 11 is 1.79. The van der Waals surface area contributed by atoms with Crippen molar-refractivity contribution >= 4 is 36.2 Å². The van der Waals surface area contributed by atoms with E-state index in [0.717, 1.165) is 19.6 Å². The Morgan fingerprint density at radius 1 is 1.42 bits per heavy atom. The van der Waals surface area contributed by atoms with Crippen molar-refractivity contribution in [3.8, 4) is 0 Å². The SMILES string of the molecule is CN(Cc1nc(C(C)(C)C)cs1)C1CCNC1.Cl.Cl. The van der Waals surface area contributed by atoms with Crippen molar-refractivity contribution < 1.29 is 0 Å². The first-order valence-electron chi connectivity index (χ1n) is 6.32.